The minimum atomic E-state index is -0.237. The molecule has 1 aromatic carbocycles. The van der Waals surface area contributed by atoms with Gasteiger partial charge < -0.3 is 19.7 Å². The summed E-state index contributed by atoms with van der Waals surface area (Å²) in [5, 5.41) is 6.61. The highest BCUT2D eigenvalue weighted by Gasteiger charge is 2.39. The molecule has 5 rings (SSSR count). The third-order valence-electron chi connectivity index (χ3n) is 8.30. The van der Waals surface area contributed by atoms with Gasteiger partial charge in [-0.1, -0.05) is 5.92 Å². The van der Waals surface area contributed by atoms with Crippen molar-refractivity contribution in [3.8, 4) is 17.6 Å². The summed E-state index contributed by atoms with van der Waals surface area (Å²) in [6.07, 6.45) is 4.37. The number of nitrogens with zero attached hydrogens (tertiary/aromatic N) is 2. The van der Waals surface area contributed by atoms with E-state index in [1.807, 2.05) is 29.2 Å². The Morgan fingerprint density at radius 1 is 1.10 bits per heavy atom. The van der Waals surface area contributed by atoms with Gasteiger partial charge in [-0.3, -0.25) is 24.6 Å². The zero-order valence-corrected chi connectivity index (χ0v) is 22.8. The van der Waals surface area contributed by atoms with Crippen LogP contribution in [0.25, 0.3) is 0 Å². The fourth-order valence-corrected chi connectivity index (χ4v) is 5.77. The number of Topliss-reactive ketones (excluding diaryl/α,β-unsaturated/α-hetero) is 1. The molecule has 0 aromatic heterocycles. The Morgan fingerprint density at radius 2 is 1.87 bits per heavy atom. The summed E-state index contributed by atoms with van der Waals surface area (Å²) in [5.41, 5.74) is 0.697. The van der Waals surface area contributed by atoms with Gasteiger partial charge in [0.15, 0.2) is 5.78 Å². The van der Waals surface area contributed by atoms with Crippen LogP contribution in [0.2, 0.25) is 0 Å². The second kappa shape index (κ2) is 12.9. The summed E-state index contributed by atoms with van der Waals surface area (Å²) in [5.74, 6) is 6.99. The monoisotopic (exact) mass is 536 g/mol. The summed E-state index contributed by atoms with van der Waals surface area (Å²) in [7, 11) is 0. The van der Waals surface area contributed by atoms with E-state index in [1.54, 1.807) is 6.92 Å². The molecule has 1 aromatic rings. The average molecular weight is 537 g/mol. The second-order valence-corrected chi connectivity index (χ2v) is 11.2. The van der Waals surface area contributed by atoms with E-state index in [1.165, 1.54) is 0 Å². The summed E-state index contributed by atoms with van der Waals surface area (Å²) in [6, 6.07) is 7.38. The van der Waals surface area contributed by atoms with E-state index in [0.29, 0.717) is 50.1 Å². The van der Waals surface area contributed by atoms with Crippen molar-refractivity contribution in [2.45, 2.75) is 51.2 Å². The third kappa shape index (κ3) is 7.38. The number of hydrogen-bond donors (Lipinski definition) is 2. The molecular weight excluding hydrogens is 496 g/mol. The van der Waals surface area contributed by atoms with Crippen molar-refractivity contribution in [1.29, 1.82) is 0 Å². The highest BCUT2D eigenvalue weighted by atomic mass is 16.5. The number of nitrogens with one attached hydrogen (secondary N) is 2. The zero-order valence-electron chi connectivity index (χ0n) is 22.8. The van der Waals surface area contributed by atoms with Crippen LogP contribution in [-0.2, 0) is 14.3 Å². The topological polar surface area (TPSA) is 100 Å². The van der Waals surface area contributed by atoms with Crippen LogP contribution < -0.4 is 15.4 Å². The zero-order chi connectivity index (χ0) is 27.2. The van der Waals surface area contributed by atoms with Gasteiger partial charge in [0, 0.05) is 30.7 Å². The van der Waals surface area contributed by atoms with Crippen LogP contribution in [0.15, 0.2) is 24.3 Å². The fourth-order valence-electron chi connectivity index (χ4n) is 5.77. The van der Waals surface area contributed by atoms with Crippen molar-refractivity contribution in [2.24, 2.45) is 17.8 Å². The number of fused-ring (bicyclic) bond motifs is 1. The molecule has 39 heavy (non-hydrogen) atoms. The van der Waals surface area contributed by atoms with Crippen molar-refractivity contribution < 1.29 is 23.9 Å². The van der Waals surface area contributed by atoms with E-state index in [0.717, 1.165) is 51.7 Å². The van der Waals surface area contributed by atoms with Crippen molar-refractivity contribution in [3.05, 3.63) is 29.8 Å². The molecule has 4 aliphatic rings. The van der Waals surface area contributed by atoms with Gasteiger partial charge in [-0.05, 0) is 82.3 Å². The summed E-state index contributed by atoms with van der Waals surface area (Å²) < 4.78 is 11.0. The fraction of sp³-hybridized carbons (Fsp3) is 0.633. The van der Waals surface area contributed by atoms with Gasteiger partial charge >= 0.3 is 0 Å². The third-order valence-corrected chi connectivity index (χ3v) is 8.30. The Labute approximate surface area is 230 Å². The second-order valence-electron chi connectivity index (χ2n) is 11.2. The minimum absolute atomic E-state index is 0.0157. The number of rotatable bonds is 10. The number of ketones is 1. The van der Waals surface area contributed by atoms with Gasteiger partial charge in [-0.15, -0.1) is 5.92 Å². The molecule has 9 nitrogen and oxygen atoms in total. The smallest absolute Gasteiger partial charge is 0.236 e. The Bertz CT molecular complexity index is 1080. The molecule has 0 radical (unpaired) electrons. The van der Waals surface area contributed by atoms with E-state index in [9.17, 15) is 14.4 Å². The molecule has 3 aliphatic heterocycles. The van der Waals surface area contributed by atoms with Gasteiger partial charge in [0.2, 0.25) is 11.8 Å². The molecular formula is C30H40N4O5. The maximum Gasteiger partial charge on any atom is 0.236 e. The SMILES string of the molecule is CC#CCOc1ccc(C(=O)C2CCN(CC(=O)N(CC3CC3)CC3NC(=O)C4COCCC4N3)CC2)cc1. The highest BCUT2D eigenvalue weighted by Crippen LogP contribution is 2.30. The molecule has 0 spiro atoms. The number of benzene rings is 1. The van der Waals surface area contributed by atoms with Crippen LogP contribution in [0, 0.1) is 29.6 Å². The van der Waals surface area contributed by atoms with Crippen LogP contribution in [0.1, 0.15) is 49.4 Å². The molecule has 210 valence electrons. The first-order valence-electron chi connectivity index (χ1n) is 14.3. The molecule has 0 bridgehead atoms. The number of carbonyl (C=O) groups is 3. The number of piperidine rings is 1. The lowest BCUT2D eigenvalue weighted by Crippen LogP contribution is -2.66. The van der Waals surface area contributed by atoms with Crippen molar-refractivity contribution in [1.82, 2.24) is 20.4 Å². The van der Waals surface area contributed by atoms with Gasteiger partial charge in [-0.25, -0.2) is 0 Å². The van der Waals surface area contributed by atoms with Crippen molar-refractivity contribution in [3.63, 3.8) is 0 Å². The highest BCUT2D eigenvalue weighted by molar-refractivity contribution is 5.98. The maximum absolute atomic E-state index is 13.4. The van der Waals surface area contributed by atoms with E-state index >= 15 is 0 Å². The van der Waals surface area contributed by atoms with Gasteiger partial charge in [0.1, 0.15) is 12.4 Å². The lowest BCUT2D eigenvalue weighted by atomic mass is 9.89. The lowest BCUT2D eigenvalue weighted by Gasteiger charge is -2.41. The molecule has 3 saturated heterocycles. The molecule has 3 unspecified atom stereocenters. The standard InChI is InChI=1S/C30H40N4O5/c1-2-3-15-39-24-8-6-22(7-9-24)29(36)23-10-13-33(14-11-23)19-28(35)34(17-21-4-5-21)18-27-31-26-12-16-38-20-25(26)30(37)32-27/h6-9,21,23,25-27,31H,4-5,10-20H2,1H3,(H,32,37). The maximum atomic E-state index is 13.4. The average Bonchev–Trinajstić information content (AvgIpc) is 3.77. The lowest BCUT2D eigenvalue weighted by molar-refractivity contribution is -0.139. The Morgan fingerprint density at radius 3 is 2.59 bits per heavy atom. The Kier molecular flexibility index (Phi) is 9.17. The first-order chi connectivity index (χ1) is 19.0. The number of carbonyl (C=O) groups excluding carboxylic acids is 3. The van der Waals surface area contributed by atoms with E-state index in [-0.39, 0.29) is 41.6 Å². The number of ether oxygens (including phenoxy) is 2. The quantitative estimate of drug-likeness (QED) is 0.347. The van der Waals surface area contributed by atoms with Crippen LogP contribution in [-0.4, -0.2) is 92.1 Å². The van der Waals surface area contributed by atoms with Crippen molar-refractivity contribution >= 4 is 17.6 Å². The molecule has 1 saturated carbocycles. The van der Waals surface area contributed by atoms with E-state index < -0.39 is 0 Å². The van der Waals surface area contributed by atoms with Gasteiger partial charge in [-0.2, -0.15) is 0 Å². The Balaban J connectivity index is 1.10. The molecule has 1 aliphatic carbocycles. The summed E-state index contributed by atoms with van der Waals surface area (Å²) >= 11 is 0. The van der Waals surface area contributed by atoms with Gasteiger partial charge in [0.25, 0.3) is 0 Å². The first-order valence-corrected chi connectivity index (χ1v) is 14.3. The predicted octanol–water partition coefficient (Wildman–Crippen LogP) is 1.67. The van der Waals surface area contributed by atoms with E-state index in [2.05, 4.69) is 27.4 Å². The molecule has 2 N–H and O–H groups in total. The molecule has 4 fully saturated rings. The van der Waals surface area contributed by atoms with Crippen LogP contribution >= 0.6 is 0 Å². The van der Waals surface area contributed by atoms with Crippen LogP contribution in [0.4, 0.5) is 0 Å². The molecule has 2 amide bonds. The number of likely N-dealkylation sites (tertiary alicyclic amines) is 1. The Hall–Kier alpha value is -2.93. The summed E-state index contributed by atoms with van der Waals surface area (Å²) in [4.78, 5) is 43.2. The van der Waals surface area contributed by atoms with E-state index in [4.69, 9.17) is 9.47 Å². The number of hydrogen-bond acceptors (Lipinski definition) is 7. The molecule has 3 heterocycles. The van der Waals surface area contributed by atoms with Crippen LogP contribution in [0.5, 0.6) is 5.75 Å². The van der Waals surface area contributed by atoms with Gasteiger partial charge in [0.05, 0.1) is 31.8 Å². The molecule has 9 heteroatoms. The van der Waals surface area contributed by atoms with Crippen molar-refractivity contribution in [2.75, 3.05) is 52.5 Å². The normalized spacial score (nSPS) is 25.6. The predicted molar refractivity (Wildman–Crippen MR) is 146 cm³/mol. The minimum Gasteiger partial charge on any atom is -0.481 e. The van der Waals surface area contributed by atoms with Crippen LogP contribution in [0.3, 0.4) is 0 Å². The number of amides is 2. The largest absolute Gasteiger partial charge is 0.481 e. The summed E-state index contributed by atoms with van der Waals surface area (Å²) in [6.45, 7) is 6.22. The first kappa shape index (κ1) is 27.6. The molecule has 3 atom stereocenters.